The van der Waals surface area contributed by atoms with Gasteiger partial charge in [-0.25, -0.2) is 4.39 Å². The number of halogens is 1. The lowest BCUT2D eigenvalue weighted by atomic mass is 10.1. The largest absolute Gasteiger partial charge is 0.363 e. The molecule has 1 saturated heterocycles. The van der Waals surface area contributed by atoms with Gasteiger partial charge in [-0.15, -0.1) is 0 Å². The second kappa shape index (κ2) is 4.90. The molecule has 4 heteroatoms. The summed E-state index contributed by atoms with van der Waals surface area (Å²) in [6, 6.07) is 0. The van der Waals surface area contributed by atoms with E-state index in [1.807, 2.05) is 4.90 Å². The van der Waals surface area contributed by atoms with Gasteiger partial charge in [0.05, 0.1) is 0 Å². The van der Waals surface area contributed by atoms with E-state index >= 15 is 0 Å². The zero-order valence-electron chi connectivity index (χ0n) is 10.3. The zero-order chi connectivity index (χ0) is 12.4. The predicted molar refractivity (Wildman–Crippen MR) is 65.0 cm³/mol. The first-order valence-corrected chi connectivity index (χ1v) is 6.19. The molecule has 0 aromatic carbocycles. The molecule has 1 fully saturated rings. The van der Waals surface area contributed by atoms with Crippen molar-refractivity contribution < 1.29 is 9.18 Å². The number of piperazine rings is 1. The van der Waals surface area contributed by atoms with Crippen molar-refractivity contribution >= 4 is 5.91 Å². The van der Waals surface area contributed by atoms with Gasteiger partial charge < -0.3 is 9.80 Å². The SMILES string of the molecule is C=C1CCCCCN2CCN(C)C(=O)C2=C1F. The van der Waals surface area contributed by atoms with Crippen molar-refractivity contribution in [3.05, 3.63) is 23.7 Å². The molecule has 0 unspecified atom stereocenters. The van der Waals surface area contributed by atoms with Crippen LogP contribution in [-0.4, -0.2) is 42.4 Å². The Labute approximate surface area is 102 Å². The maximum Gasteiger partial charge on any atom is 0.273 e. The first kappa shape index (κ1) is 12.1. The smallest absolute Gasteiger partial charge is 0.273 e. The lowest BCUT2D eigenvalue weighted by Crippen LogP contribution is -2.47. The zero-order valence-corrected chi connectivity index (χ0v) is 10.3. The number of likely N-dealkylation sites (N-methyl/N-ethyl adjacent to an activating group) is 1. The minimum Gasteiger partial charge on any atom is -0.363 e. The van der Waals surface area contributed by atoms with Crippen LogP contribution in [0.25, 0.3) is 0 Å². The number of amides is 1. The van der Waals surface area contributed by atoms with E-state index in [0.717, 1.165) is 32.4 Å². The van der Waals surface area contributed by atoms with E-state index < -0.39 is 5.83 Å². The molecular formula is C13H19FN2O. The van der Waals surface area contributed by atoms with Crippen molar-refractivity contribution in [1.29, 1.82) is 0 Å². The van der Waals surface area contributed by atoms with Crippen LogP contribution in [0.3, 0.4) is 0 Å². The number of hydrogen-bond donors (Lipinski definition) is 0. The van der Waals surface area contributed by atoms with Gasteiger partial charge in [0.1, 0.15) is 5.70 Å². The third-order valence-electron chi connectivity index (χ3n) is 3.50. The monoisotopic (exact) mass is 238 g/mol. The van der Waals surface area contributed by atoms with Gasteiger partial charge in [-0.3, -0.25) is 4.79 Å². The molecule has 2 heterocycles. The van der Waals surface area contributed by atoms with Crippen molar-refractivity contribution in [2.45, 2.75) is 25.7 Å². The van der Waals surface area contributed by atoms with Crippen LogP contribution in [0.15, 0.2) is 23.7 Å². The third kappa shape index (κ3) is 2.35. The van der Waals surface area contributed by atoms with Crippen LogP contribution in [0.4, 0.5) is 4.39 Å². The Bertz CT molecular complexity index is 376. The second-order valence-electron chi connectivity index (χ2n) is 4.79. The summed E-state index contributed by atoms with van der Waals surface area (Å²) in [6.07, 6.45) is 3.69. The summed E-state index contributed by atoms with van der Waals surface area (Å²) in [4.78, 5) is 15.5. The minimum atomic E-state index is -0.400. The Balaban J connectivity index is 2.37. The summed E-state index contributed by atoms with van der Waals surface area (Å²) >= 11 is 0. The standard InChI is InChI=1S/C13H19FN2O/c1-10-6-4-3-5-7-16-9-8-15(2)13(17)12(16)11(10)14/h1,3-9H2,2H3. The lowest BCUT2D eigenvalue weighted by Gasteiger charge is -2.35. The van der Waals surface area contributed by atoms with Crippen LogP contribution in [0, 0.1) is 0 Å². The lowest BCUT2D eigenvalue weighted by molar-refractivity contribution is -0.130. The molecule has 0 radical (unpaired) electrons. The van der Waals surface area contributed by atoms with E-state index in [2.05, 4.69) is 6.58 Å². The fourth-order valence-corrected chi connectivity index (χ4v) is 2.35. The molecule has 0 aliphatic carbocycles. The first-order valence-electron chi connectivity index (χ1n) is 6.19. The Kier molecular flexibility index (Phi) is 3.50. The molecular weight excluding hydrogens is 219 g/mol. The Hall–Kier alpha value is -1.32. The first-order chi connectivity index (χ1) is 8.11. The average molecular weight is 238 g/mol. The average Bonchev–Trinajstić information content (AvgIpc) is 2.37. The highest BCUT2D eigenvalue weighted by Crippen LogP contribution is 2.28. The van der Waals surface area contributed by atoms with E-state index in [1.54, 1.807) is 11.9 Å². The number of fused-ring (bicyclic) bond motifs is 1. The summed E-state index contributed by atoms with van der Waals surface area (Å²) in [7, 11) is 1.72. The van der Waals surface area contributed by atoms with E-state index in [-0.39, 0.29) is 11.6 Å². The Morgan fingerprint density at radius 2 is 1.94 bits per heavy atom. The van der Waals surface area contributed by atoms with Crippen molar-refractivity contribution in [3.8, 4) is 0 Å². The fourth-order valence-electron chi connectivity index (χ4n) is 2.35. The van der Waals surface area contributed by atoms with Crippen LogP contribution in [-0.2, 0) is 4.79 Å². The van der Waals surface area contributed by atoms with Crippen molar-refractivity contribution in [2.24, 2.45) is 0 Å². The van der Waals surface area contributed by atoms with E-state index in [4.69, 9.17) is 0 Å². The second-order valence-corrected chi connectivity index (χ2v) is 4.79. The molecule has 0 aromatic heterocycles. The molecule has 3 nitrogen and oxygen atoms in total. The molecule has 17 heavy (non-hydrogen) atoms. The molecule has 2 aliphatic heterocycles. The number of hydrogen-bond acceptors (Lipinski definition) is 2. The van der Waals surface area contributed by atoms with Crippen molar-refractivity contribution in [2.75, 3.05) is 26.7 Å². The minimum absolute atomic E-state index is 0.211. The Morgan fingerprint density at radius 1 is 1.18 bits per heavy atom. The fraction of sp³-hybridized carbons (Fsp3) is 0.615. The van der Waals surface area contributed by atoms with Gasteiger partial charge in [0, 0.05) is 26.7 Å². The van der Waals surface area contributed by atoms with Crippen molar-refractivity contribution in [1.82, 2.24) is 9.80 Å². The van der Waals surface area contributed by atoms with E-state index in [0.29, 0.717) is 18.5 Å². The normalized spacial score (nSPS) is 23.2. The van der Waals surface area contributed by atoms with Gasteiger partial charge in [0.15, 0.2) is 5.83 Å². The number of carbonyl (C=O) groups is 1. The summed E-state index contributed by atoms with van der Waals surface area (Å²) in [6.45, 7) is 5.92. The number of allylic oxidation sites excluding steroid dienone is 2. The number of carbonyl (C=O) groups excluding carboxylic acids is 1. The molecule has 0 saturated carbocycles. The van der Waals surface area contributed by atoms with Crippen LogP contribution >= 0.6 is 0 Å². The highest BCUT2D eigenvalue weighted by molar-refractivity contribution is 5.94. The van der Waals surface area contributed by atoms with Crippen LogP contribution in [0.2, 0.25) is 0 Å². The third-order valence-corrected chi connectivity index (χ3v) is 3.50. The van der Waals surface area contributed by atoms with Gasteiger partial charge in [-0.1, -0.05) is 13.0 Å². The molecule has 1 amide bonds. The highest BCUT2D eigenvalue weighted by atomic mass is 19.1. The molecule has 94 valence electrons. The summed E-state index contributed by atoms with van der Waals surface area (Å²) in [5.41, 5.74) is 0.696. The van der Waals surface area contributed by atoms with Crippen LogP contribution in [0.5, 0.6) is 0 Å². The van der Waals surface area contributed by atoms with Crippen molar-refractivity contribution in [3.63, 3.8) is 0 Å². The quantitative estimate of drug-likeness (QED) is 0.645. The molecule has 2 aliphatic rings. The maximum absolute atomic E-state index is 14.2. The number of nitrogens with zero attached hydrogens (tertiary/aromatic N) is 2. The molecule has 2 rings (SSSR count). The van der Waals surface area contributed by atoms with Gasteiger partial charge in [-0.2, -0.15) is 0 Å². The molecule has 0 atom stereocenters. The molecule has 0 spiro atoms. The highest BCUT2D eigenvalue weighted by Gasteiger charge is 2.31. The predicted octanol–water partition coefficient (Wildman–Crippen LogP) is 2.07. The van der Waals surface area contributed by atoms with Gasteiger partial charge >= 0.3 is 0 Å². The molecule has 0 N–H and O–H groups in total. The van der Waals surface area contributed by atoms with Crippen LogP contribution in [0.1, 0.15) is 25.7 Å². The van der Waals surface area contributed by atoms with Gasteiger partial charge in [0.25, 0.3) is 5.91 Å². The topological polar surface area (TPSA) is 23.6 Å². The van der Waals surface area contributed by atoms with E-state index in [1.165, 1.54) is 0 Å². The Morgan fingerprint density at radius 3 is 2.71 bits per heavy atom. The summed E-state index contributed by atoms with van der Waals surface area (Å²) < 4.78 is 14.2. The van der Waals surface area contributed by atoms with Gasteiger partial charge in [-0.05, 0) is 24.8 Å². The number of rotatable bonds is 0. The molecule has 0 bridgehead atoms. The molecule has 0 aromatic rings. The van der Waals surface area contributed by atoms with E-state index in [9.17, 15) is 9.18 Å². The van der Waals surface area contributed by atoms with Gasteiger partial charge in [0.2, 0.25) is 0 Å². The summed E-state index contributed by atoms with van der Waals surface area (Å²) in [5.74, 6) is -0.611. The van der Waals surface area contributed by atoms with Crippen LogP contribution < -0.4 is 0 Å². The maximum atomic E-state index is 14.2. The summed E-state index contributed by atoms with van der Waals surface area (Å²) in [5, 5.41) is 0.